The fourth-order valence-corrected chi connectivity index (χ4v) is 2.14. The van der Waals surface area contributed by atoms with Gasteiger partial charge < -0.3 is 16.0 Å². The molecule has 1 rings (SSSR count). The van der Waals surface area contributed by atoms with Gasteiger partial charge in [0.25, 0.3) is 0 Å². The van der Waals surface area contributed by atoms with Gasteiger partial charge in [-0.1, -0.05) is 20.8 Å². The van der Waals surface area contributed by atoms with E-state index in [0.717, 1.165) is 0 Å². The SMILES string of the molecule is CC(C)(C)C(=O)NCC(=O)NCC(N1CCNCC1)C(F)(F)F. The van der Waals surface area contributed by atoms with Gasteiger partial charge >= 0.3 is 6.18 Å². The molecule has 1 unspecified atom stereocenters. The number of nitrogens with zero attached hydrogens (tertiary/aromatic N) is 1. The Balaban J connectivity index is 2.48. The maximum Gasteiger partial charge on any atom is 0.405 e. The fourth-order valence-electron chi connectivity index (χ4n) is 2.14. The minimum absolute atomic E-state index is 0.279. The van der Waals surface area contributed by atoms with Crippen LogP contribution in [-0.2, 0) is 9.59 Å². The minimum atomic E-state index is -4.42. The highest BCUT2D eigenvalue weighted by Gasteiger charge is 2.43. The van der Waals surface area contributed by atoms with Crippen molar-refractivity contribution in [1.82, 2.24) is 20.9 Å². The number of carbonyl (C=O) groups is 2. The number of rotatable bonds is 5. The van der Waals surface area contributed by atoms with Gasteiger partial charge in [-0.15, -0.1) is 0 Å². The van der Waals surface area contributed by atoms with Gasteiger partial charge in [-0.3, -0.25) is 14.5 Å². The van der Waals surface area contributed by atoms with Crippen LogP contribution in [0.25, 0.3) is 0 Å². The van der Waals surface area contributed by atoms with Crippen LogP contribution in [0, 0.1) is 5.41 Å². The molecule has 134 valence electrons. The minimum Gasteiger partial charge on any atom is -0.353 e. The molecule has 0 saturated carbocycles. The van der Waals surface area contributed by atoms with Gasteiger partial charge in [-0.25, -0.2) is 0 Å². The van der Waals surface area contributed by atoms with Crippen molar-refractivity contribution in [1.29, 1.82) is 0 Å². The second kappa shape index (κ2) is 7.96. The summed E-state index contributed by atoms with van der Waals surface area (Å²) in [6.45, 7) is 5.74. The average Bonchev–Trinajstić information content (AvgIpc) is 2.43. The van der Waals surface area contributed by atoms with E-state index in [-0.39, 0.29) is 25.5 Å². The summed E-state index contributed by atoms with van der Waals surface area (Å²) in [5.41, 5.74) is -0.657. The van der Waals surface area contributed by atoms with Crippen molar-refractivity contribution in [3.05, 3.63) is 0 Å². The predicted molar refractivity (Wildman–Crippen MR) is 79.8 cm³/mol. The molecule has 0 aromatic heterocycles. The third kappa shape index (κ3) is 6.74. The van der Waals surface area contributed by atoms with Crippen LogP contribution in [0.2, 0.25) is 0 Å². The molecular weight excluding hydrogens is 313 g/mol. The molecule has 0 aromatic carbocycles. The largest absolute Gasteiger partial charge is 0.405 e. The first-order valence-electron chi connectivity index (χ1n) is 7.58. The van der Waals surface area contributed by atoms with Gasteiger partial charge in [-0.05, 0) is 0 Å². The summed E-state index contributed by atoms with van der Waals surface area (Å²) in [5.74, 6) is -0.964. The summed E-state index contributed by atoms with van der Waals surface area (Å²) in [4.78, 5) is 24.6. The van der Waals surface area contributed by atoms with E-state index >= 15 is 0 Å². The van der Waals surface area contributed by atoms with Gasteiger partial charge in [0.1, 0.15) is 6.04 Å². The number of amides is 2. The van der Waals surface area contributed by atoms with Crippen molar-refractivity contribution in [3.63, 3.8) is 0 Å². The van der Waals surface area contributed by atoms with E-state index in [0.29, 0.717) is 13.1 Å². The topological polar surface area (TPSA) is 73.5 Å². The lowest BCUT2D eigenvalue weighted by Crippen LogP contribution is -2.58. The summed E-state index contributed by atoms with van der Waals surface area (Å²) >= 11 is 0. The van der Waals surface area contributed by atoms with Crippen molar-refractivity contribution in [2.24, 2.45) is 5.41 Å². The van der Waals surface area contributed by atoms with Crippen LogP contribution in [0.4, 0.5) is 13.2 Å². The van der Waals surface area contributed by atoms with Crippen LogP contribution in [0.3, 0.4) is 0 Å². The Bertz CT molecular complexity index is 415. The van der Waals surface area contributed by atoms with Crippen LogP contribution < -0.4 is 16.0 Å². The van der Waals surface area contributed by atoms with Crippen molar-refractivity contribution < 1.29 is 22.8 Å². The molecule has 23 heavy (non-hydrogen) atoms. The van der Waals surface area contributed by atoms with E-state index in [1.165, 1.54) is 4.90 Å². The van der Waals surface area contributed by atoms with E-state index < -0.39 is 30.1 Å². The van der Waals surface area contributed by atoms with Crippen LogP contribution in [-0.4, -0.2) is 68.2 Å². The molecule has 0 radical (unpaired) electrons. The molecule has 1 heterocycles. The summed E-state index contributed by atoms with van der Waals surface area (Å²) in [6.07, 6.45) is -4.42. The Morgan fingerprint density at radius 3 is 2.17 bits per heavy atom. The standard InChI is InChI=1S/C14H25F3N4O2/c1-13(2,3)12(23)20-9-11(22)19-8-10(14(15,16)17)21-6-4-18-5-7-21/h10,18H,4-9H2,1-3H3,(H,19,22)(H,20,23). The van der Waals surface area contributed by atoms with Crippen LogP contribution in [0.5, 0.6) is 0 Å². The summed E-state index contributed by atoms with van der Waals surface area (Å²) in [7, 11) is 0. The first kappa shape index (κ1) is 19.7. The lowest BCUT2D eigenvalue weighted by molar-refractivity contribution is -0.184. The van der Waals surface area contributed by atoms with Gasteiger partial charge in [-0.2, -0.15) is 13.2 Å². The molecular formula is C14H25F3N4O2. The smallest absolute Gasteiger partial charge is 0.353 e. The second-order valence-corrected chi connectivity index (χ2v) is 6.58. The summed E-state index contributed by atoms with van der Waals surface area (Å²) in [6, 6.07) is -1.72. The maximum atomic E-state index is 13.1. The van der Waals surface area contributed by atoms with Crippen LogP contribution in [0.1, 0.15) is 20.8 Å². The molecule has 6 nitrogen and oxygen atoms in total. The zero-order valence-corrected chi connectivity index (χ0v) is 13.7. The third-order valence-electron chi connectivity index (χ3n) is 3.55. The molecule has 1 atom stereocenters. The normalized spacial score (nSPS) is 18.3. The fraction of sp³-hybridized carbons (Fsp3) is 0.857. The van der Waals surface area contributed by atoms with Crippen molar-refractivity contribution >= 4 is 11.8 Å². The third-order valence-corrected chi connectivity index (χ3v) is 3.55. The Hall–Kier alpha value is -1.35. The predicted octanol–water partition coefficient (Wildman–Crippen LogP) is 0.101. The van der Waals surface area contributed by atoms with Crippen molar-refractivity contribution in [2.45, 2.75) is 33.0 Å². The Morgan fingerprint density at radius 1 is 1.13 bits per heavy atom. The van der Waals surface area contributed by atoms with Crippen LogP contribution in [0.15, 0.2) is 0 Å². The first-order valence-corrected chi connectivity index (χ1v) is 7.58. The highest BCUT2D eigenvalue weighted by atomic mass is 19.4. The molecule has 1 saturated heterocycles. The van der Waals surface area contributed by atoms with E-state index in [9.17, 15) is 22.8 Å². The monoisotopic (exact) mass is 338 g/mol. The lowest BCUT2D eigenvalue weighted by Gasteiger charge is -2.35. The van der Waals surface area contributed by atoms with Gasteiger partial charge in [0.2, 0.25) is 11.8 Å². The number of nitrogens with one attached hydrogen (secondary N) is 3. The van der Waals surface area contributed by atoms with Gasteiger partial charge in [0.05, 0.1) is 6.54 Å². The van der Waals surface area contributed by atoms with E-state index in [1.807, 2.05) is 0 Å². The zero-order valence-electron chi connectivity index (χ0n) is 13.7. The number of halogens is 3. The van der Waals surface area contributed by atoms with E-state index in [1.54, 1.807) is 20.8 Å². The molecule has 3 N–H and O–H groups in total. The van der Waals surface area contributed by atoms with E-state index in [2.05, 4.69) is 16.0 Å². The molecule has 2 amide bonds. The highest BCUT2D eigenvalue weighted by Crippen LogP contribution is 2.24. The second-order valence-electron chi connectivity index (χ2n) is 6.58. The number of hydrogen-bond donors (Lipinski definition) is 3. The summed E-state index contributed by atoms with van der Waals surface area (Å²) < 4.78 is 39.4. The Kier molecular flexibility index (Phi) is 6.82. The Labute approximate surface area is 134 Å². The number of carbonyl (C=O) groups excluding carboxylic acids is 2. The highest BCUT2D eigenvalue weighted by molar-refractivity contribution is 5.87. The first-order chi connectivity index (χ1) is 10.5. The molecule has 1 fully saturated rings. The Morgan fingerprint density at radius 2 is 1.70 bits per heavy atom. The van der Waals surface area contributed by atoms with E-state index in [4.69, 9.17) is 0 Å². The van der Waals surface area contributed by atoms with Crippen LogP contribution >= 0.6 is 0 Å². The van der Waals surface area contributed by atoms with Gasteiger partial charge in [0, 0.05) is 38.1 Å². The number of piperazine rings is 1. The zero-order chi connectivity index (χ0) is 17.7. The number of alkyl halides is 3. The summed E-state index contributed by atoms with van der Waals surface area (Å²) in [5, 5.41) is 7.66. The molecule has 0 aromatic rings. The molecule has 0 spiro atoms. The molecule has 0 bridgehead atoms. The molecule has 1 aliphatic heterocycles. The molecule has 9 heteroatoms. The average molecular weight is 338 g/mol. The maximum absolute atomic E-state index is 13.1. The van der Waals surface area contributed by atoms with Crippen molar-refractivity contribution in [3.8, 4) is 0 Å². The lowest BCUT2D eigenvalue weighted by atomic mass is 9.96. The number of hydrogen-bond acceptors (Lipinski definition) is 4. The molecule has 0 aliphatic carbocycles. The van der Waals surface area contributed by atoms with Gasteiger partial charge in [0.15, 0.2) is 0 Å². The quantitative estimate of drug-likeness (QED) is 0.665. The molecule has 1 aliphatic rings. The van der Waals surface area contributed by atoms with Crippen molar-refractivity contribution in [2.75, 3.05) is 39.3 Å².